The molecule has 284 valence electrons. The Hall–Kier alpha value is -7.62. The summed E-state index contributed by atoms with van der Waals surface area (Å²) in [7, 11) is 0. The van der Waals surface area contributed by atoms with Gasteiger partial charge in [-0.1, -0.05) is 135 Å². The van der Waals surface area contributed by atoms with Crippen molar-refractivity contribution in [1.29, 1.82) is 0 Å². The number of benzene rings is 9. The van der Waals surface area contributed by atoms with Crippen molar-refractivity contribution in [2.45, 2.75) is 19.3 Å². The first-order chi connectivity index (χ1) is 29.5. The van der Waals surface area contributed by atoms with E-state index in [2.05, 4.69) is 217 Å². The molecule has 12 rings (SSSR count). The zero-order valence-electron chi connectivity index (χ0n) is 33.4. The van der Waals surface area contributed by atoms with Gasteiger partial charge in [-0.2, -0.15) is 0 Å². The van der Waals surface area contributed by atoms with Crippen LogP contribution in [0.25, 0.3) is 82.8 Å². The molecule has 1 aliphatic rings. The van der Waals surface area contributed by atoms with Gasteiger partial charge in [0.1, 0.15) is 11.2 Å². The van der Waals surface area contributed by atoms with Crippen molar-refractivity contribution in [3.8, 4) is 39.1 Å². The number of para-hydroxylation sites is 3. The molecule has 0 spiro atoms. The molecule has 2 aromatic heterocycles. The number of hydrogen-bond acceptors (Lipinski definition) is 2. The molecular formula is C57H40N2O. The number of anilines is 3. The van der Waals surface area contributed by atoms with Crippen LogP contribution in [0.15, 0.2) is 211 Å². The van der Waals surface area contributed by atoms with Crippen molar-refractivity contribution in [2.75, 3.05) is 4.90 Å². The van der Waals surface area contributed by atoms with E-state index in [0.717, 1.165) is 55.8 Å². The van der Waals surface area contributed by atoms with Crippen LogP contribution in [0.5, 0.6) is 0 Å². The predicted octanol–water partition coefficient (Wildman–Crippen LogP) is 15.8. The van der Waals surface area contributed by atoms with Gasteiger partial charge in [-0.3, -0.25) is 0 Å². The van der Waals surface area contributed by atoms with Crippen LogP contribution in [-0.4, -0.2) is 4.57 Å². The first-order valence-electron chi connectivity index (χ1n) is 20.7. The highest BCUT2D eigenvalue weighted by Crippen LogP contribution is 2.52. The quantitative estimate of drug-likeness (QED) is 0.168. The van der Waals surface area contributed by atoms with Gasteiger partial charge in [0, 0.05) is 49.7 Å². The number of rotatable bonds is 6. The minimum absolute atomic E-state index is 0.183. The second-order valence-electron chi connectivity index (χ2n) is 16.6. The first kappa shape index (κ1) is 34.4. The van der Waals surface area contributed by atoms with Crippen molar-refractivity contribution >= 4 is 60.8 Å². The lowest BCUT2D eigenvalue weighted by atomic mass is 9.81. The molecule has 60 heavy (non-hydrogen) atoms. The third-order valence-electron chi connectivity index (χ3n) is 12.8. The Morgan fingerprint density at radius 3 is 1.60 bits per heavy atom. The molecule has 0 aliphatic heterocycles. The number of furan rings is 1. The third-order valence-corrected chi connectivity index (χ3v) is 12.8. The average Bonchev–Trinajstić information content (AvgIpc) is 3.92. The van der Waals surface area contributed by atoms with Crippen LogP contribution in [0.2, 0.25) is 0 Å². The normalized spacial score (nSPS) is 13.0. The molecular weight excluding hydrogens is 729 g/mol. The summed E-state index contributed by atoms with van der Waals surface area (Å²) in [4.78, 5) is 2.40. The maximum Gasteiger partial charge on any atom is 0.135 e. The zero-order chi connectivity index (χ0) is 40.0. The van der Waals surface area contributed by atoms with Crippen molar-refractivity contribution in [1.82, 2.24) is 4.57 Å². The standard InChI is InChI=1S/C57H40N2O/c1-57(2)51-35-40(37-12-4-3-5-13-37)22-31-45(51)46-32-30-44(36-52(46)57)58(41-24-20-38(21-25-41)39-23-33-56-50(34-39)49-16-8-11-19-55(49)60-56)42-26-28-43(29-27-42)59-53-17-9-6-14-47(53)48-15-7-10-18-54(48)59/h3-36H,1-2H3. The van der Waals surface area contributed by atoms with Crippen molar-refractivity contribution < 1.29 is 4.42 Å². The van der Waals surface area contributed by atoms with E-state index >= 15 is 0 Å². The summed E-state index contributed by atoms with van der Waals surface area (Å²) < 4.78 is 8.53. The van der Waals surface area contributed by atoms with Gasteiger partial charge in [-0.25, -0.2) is 0 Å². The lowest BCUT2D eigenvalue weighted by molar-refractivity contribution is 0.660. The molecule has 0 fully saturated rings. The lowest BCUT2D eigenvalue weighted by Crippen LogP contribution is -2.16. The van der Waals surface area contributed by atoms with E-state index in [1.54, 1.807) is 0 Å². The van der Waals surface area contributed by atoms with Gasteiger partial charge in [0.05, 0.1) is 11.0 Å². The van der Waals surface area contributed by atoms with Gasteiger partial charge < -0.3 is 13.9 Å². The van der Waals surface area contributed by atoms with Crippen LogP contribution in [0, 0.1) is 0 Å². The highest BCUT2D eigenvalue weighted by molar-refractivity contribution is 6.09. The Morgan fingerprint density at radius 2 is 0.883 bits per heavy atom. The maximum absolute atomic E-state index is 6.15. The summed E-state index contributed by atoms with van der Waals surface area (Å²) in [6.45, 7) is 4.74. The Balaban J connectivity index is 0.973. The second kappa shape index (κ2) is 13.2. The molecule has 0 bridgehead atoms. The van der Waals surface area contributed by atoms with Crippen molar-refractivity contribution in [3.05, 3.63) is 217 Å². The van der Waals surface area contributed by atoms with Gasteiger partial charge in [0.25, 0.3) is 0 Å². The van der Waals surface area contributed by atoms with Gasteiger partial charge in [0.2, 0.25) is 0 Å². The van der Waals surface area contributed by atoms with Crippen molar-refractivity contribution in [3.63, 3.8) is 0 Å². The molecule has 0 amide bonds. The van der Waals surface area contributed by atoms with Crippen LogP contribution < -0.4 is 4.90 Å². The van der Waals surface area contributed by atoms with Gasteiger partial charge in [-0.15, -0.1) is 0 Å². The van der Waals surface area contributed by atoms with Crippen LogP contribution in [-0.2, 0) is 5.41 Å². The third kappa shape index (κ3) is 5.29. The van der Waals surface area contributed by atoms with Crippen molar-refractivity contribution in [2.24, 2.45) is 0 Å². The summed E-state index contributed by atoms with van der Waals surface area (Å²) in [5, 5.41) is 4.79. The van der Waals surface area contributed by atoms with Gasteiger partial charge in [0.15, 0.2) is 0 Å². The number of aromatic nitrogens is 1. The first-order valence-corrected chi connectivity index (χ1v) is 20.7. The van der Waals surface area contributed by atoms with Crippen LogP contribution >= 0.6 is 0 Å². The lowest BCUT2D eigenvalue weighted by Gasteiger charge is -2.28. The Labute approximate surface area is 349 Å². The predicted molar refractivity (Wildman–Crippen MR) is 251 cm³/mol. The summed E-state index contributed by atoms with van der Waals surface area (Å²) >= 11 is 0. The Morgan fingerprint density at radius 1 is 0.383 bits per heavy atom. The zero-order valence-corrected chi connectivity index (χ0v) is 33.4. The average molecular weight is 769 g/mol. The molecule has 0 atom stereocenters. The molecule has 1 aliphatic carbocycles. The fourth-order valence-electron chi connectivity index (χ4n) is 9.78. The summed E-state index contributed by atoms with van der Waals surface area (Å²) in [6, 6.07) is 75.0. The summed E-state index contributed by atoms with van der Waals surface area (Å²) in [5.41, 5.74) is 18.6. The van der Waals surface area contributed by atoms with Crippen LogP contribution in [0.1, 0.15) is 25.0 Å². The Bertz CT molecular complexity index is 3390. The fraction of sp³-hybridized carbons (Fsp3) is 0.0526. The van der Waals surface area contributed by atoms with E-state index in [-0.39, 0.29) is 5.41 Å². The molecule has 2 heterocycles. The number of nitrogens with zero attached hydrogens (tertiary/aromatic N) is 2. The molecule has 0 saturated heterocycles. The molecule has 0 radical (unpaired) electrons. The number of hydrogen-bond donors (Lipinski definition) is 0. The highest BCUT2D eigenvalue weighted by Gasteiger charge is 2.36. The fourth-order valence-corrected chi connectivity index (χ4v) is 9.78. The van der Waals surface area contributed by atoms with E-state index in [9.17, 15) is 0 Å². The summed E-state index contributed by atoms with van der Waals surface area (Å²) in [5.74, 6) is 0. The minimum Gasteiger partial charge on any atom is -0.456 e. The van der Waals surface area contributed by atoms with Gasteiger partial charge >= 0.3 is 0 Å². The molecule has 11 aromatic rings. The maximum atomic E-state index is 6.15. The van der Waals surface area contributed by atoms with E-state index < -0.39 is 0 Å². The van der Waals surface area contributed by atoms with E-state index in [1.807, 2.05) is 12.1 Å². The molecule has 9 aromatic carbocycles. The van der Waals surface area contributed by atoms with Crippen LogP contribution in [0.4, 0.5) is 17.1 Å². The minimum atomic E-state index is -0.183. The summed E-state index contributed by atoms with van der Waals surface area (Å²) in [6.07, 6.45) is 0. The highest BCUT2D eigenvalue weighted by atomic mass is 16.3. The topological polar surface area (TPSA) is 21.3 Å². The van der Waals surface area contributed by atoms with Crippen LogP contribution in [0.3, 0.4) is 0 Å². The largest absolute Gasteiger partial charge is 0.456 e. The molecule has 3 nitrogen and oxygen atoms in total. The van der Waals surface area contributed by atoms with E-state index in [1.165, 1.54) is 55.2 Å². The molecule has 0 saturated carbocycles. The molecule has 3 heteroatoms. The van der Waals surface area contributed by atoms with E-state index in [0.29, 0.717) is 0 Å². The second-order valence-corrected chi connectivity index (χ2v) is 16.6. The molecule has 0 unspecified atom stereocenters. The monoisotopic (exact) mass is 768 g/mol. The Kier molecular flexibility index (Phi) is 7.58. The van der Waals surface area contributed by atoms with Gasteiger partial charge in [-0.05, 0) is 129 Å². The van der Waals surface area contributed by atoms with E-state index in [4.69, 9.17) is 4.42 Å². The number of fused-ring (bicyclic) bond motifs is 9. The SMILES string of the molecule is CC1(C)c2cc(-c3ccccc3)ccc2-c2ccc(N(c3ccc(-c4ccc5oc6ccccc6c5c4)cc3)c3ccc(-n4c5ccccc5c5ccccc54)cc3)cc21. The molecule has 0 N–H and O–H groups in total. The smallest absolute Gasteiger partial charge is 0.135 e.